The van der Waals surface area contributed by atoms with Gasteiger partial charge >= 0.3 is 0 Å². The number of rotatable bonds is 10. The fraction of sp³-hybridized carbons (Fsp3) is 0.0741. The molecule has 2 N–H and O–H groups in total. The number of nitrogens with zero attached hydrogens (tertiary/aromatic N) is 5. The van der Waals surface area contributed by atoms with Crippen LogP contribution in [-0.2, 0) is 0 Å². The van der Waals surface area contributed by atoms with Crippen molar-refractivity contribution >= 4 is 58.2 Å². The van der Waals surface area contributed by atoms with Gasteiger partial charge in [-0.25, -0.2) is 9.97 Å². The van der Waals surface area contributed by atoms with Crippen LogP contribution in [0.3, 0.4) is 0 Å². The van der Waals surface area contributed by atoms with Crippen LogP contribution in [0.4, 0.5) is 0 Å². The van der Waals surface area contributed by atoms with Gasteiger partial charge in [-0.05, 0) is 138 Å². The summed E-state index contributed by atoms with van der Waals surface area (Å²) in [6.45, 7) is 0.600. The van der Waals surface area contributed by atoms with E-state index < -0.39 is 0 Å². The van der Waals surface area contributed by atoms with E-state index in [2.05, 4.69) is 80.6 Å². The molecule has 314 valence electrons. The van der Waals surface area contributed by atoms with Crippen molar-refractivity contribution in [3.05, 3.63) is 180 Å². The summed E-state index contributed by atoms with van der Waals surface area (Å²) in [6, 6.07) is 39.3. The van der Waals surface area contributed by atoms with Gasteiger partial charge in [0.1, 0.15) is 11.5 Å². The van der Waals surface area contributed by atoms with Crippen LogP contribution < -0.4 is 9.47 Å². The van der Waals surface area contributed by atoms with Crippen molar-refractivity contribution in [2.24, 2.45) is 0 Å². The van der Waals surface area contributed by atoms with Crippen molar-refractivity contribution < 1.29 is 19.1 Å². The lowest BCUT2D eigenvalue weighted by atomic mass is 10.0. The Balaban J connectivity index is 1.06. The summed E-state index contributed by atoms with van der Waals surface area (Å²) < 4.78 is 11.7. The Kier molecular flexibility index (Phi) is 9.96. The summed E-state index contributed by atoms with van der Waals surface area (Å²) in [5.41, 5.74) is 15.1. The molecule has 11 heteroatoms. The minimum atomic E-state index is -0.264. The van der Waals surface area contributed by atoms with Crippen molar-refractivity contribution in [1.29, 1.82) is 0 Å². The van der Waals surface area contributed by atoms with Gasteiger partial charge in [-0.1, -0.05) is 36.4 Å². The summed E-state index contributed by atoms with van der Waals surface area (Å²) in [5.74, 6) is 0.907. The number of benzene rings is 3. The predicted octanol–water partition coefficient (Wildman–Crippen LogP) is 11.2. The highest BCUT2D eigenvalue weighted by Crippen LogP contribution is 2.39. The first-order chi connectivity index (χ1) is 32.0. The van der Waals surface area contributed by atoms with Crippen molar-refractivity contribution in [2.75, 3.05) is 20.3 Å². The second kappa shape index (κ2) is 16.5. The molecule has 0 atom stereocenters. The van der Waals surface area contributed by atoms with Gasteiger partial charge in [0.05, 0.1) is 47.6 Å². The van der Waals surface area contributed by atoms with Crippen LogP contribution in [0.25, 0.3) is 90.9 Å². The van der Waals surface area contributed by atoms with Gasteiger partial charge in [-0.15, -0.1) is 0 Å². The number of hydrogen-bond donors (Lipinski definition) is 2. The quantitative estimate of drug-likeness (QED) is 0.102. The zero-order valence-corrected chi connectivity index (χ0v) is 35.2. The molecule has 3 aliphatic rings. The molecule has 3 aliphatic heterocycles. The van der Waals surface area contributed by atoms with Gasteiger partial charge in [0.25, 0.3) is 11.8 Å². The van der Waals surface area contributed by atoms with E-state index in [-0.39, 0.29) is 18.4 Å². The van der Waals surface area contributed by atoms with Gasteiger partial charge in [-0.3, -0.25) is 24.5 Å². The number of ether oxygens (including phenoxy) is 2. The van der Waals surface area contributed by atoms with E-state index in [0.717, 1.165) is 95.1 Å². The van der Waals surface area contributed by atoms with Crippen LogP contribution in [0.15, 0.2) is 146 Å². The zero-order valence-electron chi connectivity index (χ0n) is 35.2. The molecule has 8 heterocycles. The molecule has 0 spiro atoms. The number of pyridine rings is 2. The molecule has 0 unspecified atom stereocenters. The van der Waals surface area contributed by atoms with Crippen LogP contribution in [0.2, 0.25) is 0 Å². The van der Waals surface area contributed by atoms with Gasteiger partial charge in [0.2, 0.25) is 0 Å². The number of methoxy groups -OCH3 is 1. The molecule has 0 fully saturated rings. The number of fused-ring (bicyclic) bond motifs is 9. The molecule has 2 amide bonds. The smallest absolute Gasteiger partial charge is 0.261 e. The highest BCUT2D eigenvalue weighted by molar-refractivity contribution is 6.21. The molecule has 11 rings (SSSR count). The molecule has 8 bridgehead atoms. The molecule has 0 saturated heterocycles. The number of aromatic nitrogens is 6. The van der Waals surface area contributed by atoms with Crippen molar-refractivity contribution in [3.8, 4) is 56.0 Å². The molecule has 0 saturated carbocycles. The predicted molar refractivity (Wildman–Crippen MR) is 255 cm³/mol. The van der Waals surface area contributed by atoms with Crippen LogP contribution in [0, 0.1) is 0 Å². The molecule has 3 aromatic carbocycles. The molecule has 0 aliphatic carbocycles. The number of imide groups is 1. The number of carbonyl (C=O) groups is 2. The first kappa shape index (κ1) is 39.2. The fourth-order valence-electron chi connectivity index (χ4n) is 8.79. The Morgan fingerprint density at radius 3 is 1.26 bits per heavy atom. The Hall–Kier alpha value is -8.70. The van der Waals surface area contributed by atoms with Crippen LogP contribution in [-0.4, -0.2) is 66.9 Å². The van der Waals surface area contributed by atoms with Gasteiger partial charge in [0.15, 0.2) is 0 Å². The third kappa shape index (κ3) is 7.24. The standard InChI is InChI=1S/C54H39N7O4/c1-64-37-11-7-33(8-12-37)49-41-15-19-45(57-41)51(35-23-27-55-28-24-35)47-21-17-43(59-47)50(44-18-22-48(60-44)52(36-25-29-56-30-26-36)46-20-16-42(49)58-46)34-9-13-38(14-10-34)65-32-4-31-61-53(62)39-5-2-3-6-40(39)54(61)63/h2-3,5-30,57,60H,4,31-32H2,1H3. The lowest BCUT2D eigenvalue weighted by Crippen LogP contribution is -2.31. The van der Waals surface area contributed by atoms with Crippen molar-refractivity contribution in [2.45, 2.75) is 6.42 Å². The molecular formula is C54H39N7O4. The third-order valence-electron chi connectivity index (χ3n) is 11.9. The Bertz CT molecular complexity index is 3320. The monoisotopic (exact) mass is 849 g/mol. The minimum Gasteiger partial charge on any atom is -0.497 e. The second-order valence-electron chi connectivity index (χ2n) is 15.7. The van der Waals surface area contributed by atoms with Gasteiger partial charge in [-0.2, -0.15) is 0 Å². The largest absolute Gasteiger partial charge is 0.497 e. The number of hydrogen-bond acceptors (Lipinski definition) is 8. The Morgan fingerprint density at radius 2 is 0.862 bits per heavy atom. The summed E-state index contributed by atoms with van der Waals surface area (Å²) >= 11 is 0. The zero-order chi connectivity index (χ0) is 43.9. The Morgan fingerprint density at radius 1 is 0.477 bits per heavy atom. The maximum atomic E-state index is 12.9. The van der Waals surface area contributed by atoms with E-state index in [1.165, 1.54) is 4.90 Å². The van der Waals surface area contributed by atoms with E-state index in [4.69, 9.17) is 19.4 Å². The molecule has 11 nitrogen and oxygen atoms in total. The minimum absolute atomic E-state index is 0.264. The van der Waals surface area contributed by atoms with Crippen LogP contribution in [0.1, 0.15) is 49.9 Å². The number of aromatic amines is 2. The number of carbonyl (C=O) groups excluding carboxylic acids is 2. The molecule has 65 heavy (non-hydrogen) atoms. The van der Waals surface area contributed by atoms with E-state index in [9.17, 15) is 9.59 Å². The lowest BCUT2D eigenvalue weighted by Gasteiger charge is -2.14. The first-order valence-corrected chi connectivity index (χ1v) is 21.3. The van der Waals surface area contributed by atoms with E-state index in [1.807, 2.05) is 60.7 Å². The summed E-state index contributed by atoms with van der Waals surface area (Å²) in [6.07, 6.45) is 15.9. The maximum absolute atomic E-state index is 12.9. The Labute approximate surface area is 373 Å². The first-order valence-electron chi connectivity index (χ1n) is 21.3. The fourth-order valence-corrected chi connectivity index (χ4v) is 8.79. The molecular weight excluding hydrogens is 811 g/mol. The summed E-state index contributed by atoms with van der Waals surface area (Å²) in [4.78, 5) is 54.0. The third-order valence-corrected chi connectivity index (χ3v) is 11.9. The molecule has 5 aromatic heterocycles. The molecule has 0 radical (unpaired) electrons. The second-order valence-corrected chi connectivity index (χ2v) is 15.7. The van der Waals surface area contributed by atoms with E-state index in [0.29, 0.717) is 29.9 Å². The van der Waals surface area contributed by atoms with Crippen molar-refractivity contribution in [1.82, 2.24) is 34.8 Å². The van der Waals surface area contributed by atoms with Gasteiger partial charge < -0.3 is 19.4 Å². The average Bonchev–Trinajstić information content (AvgIpc) is 4.23. The van der Waals surface area contributed by atoms with Crippen LogP contribution >= 0.6 is 0 Å². The number of H-pyrrole nitrogens is 2. The van der Waals surface area contributed by atoms with E-state index in [1.54, 1.807) is 56.2 Å². The summed E-state index contributed by atoms with van der Waals surface area (Å²) in [5, 5.41) is 0. The SMILES string of the molecule is COc1ccc(-c2c3nc(c(-c4ccncc4)c4ccc([nH]4)c(-c4ccc(OCCCN5C(=O)c6ccccc6C5=O)cc4)c4nc(c(-c5ccncc5)c5ccc2[nH]5)C=C4)C=C3)cc1. The number of amides is 2. The topological polar surface area (TPSA) is 139 Å². The highest BCUT2D eigenvalue weighted by Gasteiger charge is 2.34. The molecule has 8 aromatic rings. The maximum Gasteiger partial charge on any atom is 0.261 e. The summed E-state index contributed by atoms with van der Waals surface area (Å²) in [7, 11) is 1.67. The van der Waals surface area contributed by atoms with Crippen molar-refractivity contribution in [3.63, 3.8) is 0 Å². The van der Waals surface area contributed by atoms with E-state index >= 15 is 0 Å². The normalized spacial score (nSPS) is 12.8. The van der Waals surface area contributed by atoms with Crippen LogP contribution in [0.5, 0.6) is 11.5 Å². The number of nitrogens with one attached hydrogen (secondary N) is 2. The lowest BCUT2D eigenvalue weighted by molar-refractivity contribution is 0.0646. The highest BCUT2D eigenvalue weighted by atomic mass is 16.5. The average molecular weight is 850 g/mol. The van der Waals surface area contributed by atoms with Gasteiger partial charge in [0, 0.05) is 75.7 Å².